The summed E-state index contributed by atoms with van der Waals surface area (Å²) in [5, 5.41) is 5.43. The predicted molar refractivity (Wildman–Crippen MR) is 111 cm³/mol. The highest BCUT2D eigenvalue weighted by Gasteiger charge is 2.34. The molecule has 0 aromatic heterocycles. The lowest BCUT2D eigenvalue weighted by molar-refractivity contribution is -0.125. The summed E-state index contributed by atoms with van der Waals surface area (Å²) in [7, 11) is 1.57. The first-order chi connectivity index (χ1) is 13.9. The van der Waals surface area contributed by atoms with Crippen LogP contribution in [0, 0.1) is 19.8 Å². The van der Waals surface area contributed by atoms with Gasteiger partial charge in [0.05, 0.1) is 5.92 Å². The Labute approximate surface area is 170 Å². The van der Waals surface area contributed by atoms with Gasteiger partial charge in [0.25, 0.3) is 5.91 Å². The van der Waals surface area contributed by atoms with Gasteiger partial charge in [-0.15, -0.1) is 0 Å². The second-order valence-electron chi connectivity index (χ2n) is 7.17. The van der Waals surface area contributed by atoms with Gasteiger partial charge in [0.2, 0.25) is 11.8 Å². The number of anilines is 2. The maximum absolute atomic E-state index is 12.2. The Kier molecular flexibility index (Phi) is 6.16. The van der Waals surface area contributed by atoms with Gasteiger partial charge in [0.1, 0.15) is 5.75 Å². The Morgan fingerprint density at radius 3 is 2.55 bits per heavy atom. The van der Waals surface area contributed by atoms with E-state index in [1.165, 1.54) is 0 Å². The molecule has 0 aliphatic carbocycles. The zero-order valence-electron chi connectivity index (χ0n) is 16.8. The molecular weight excluding hydrogens is 370 g/mol. The summed E-state index contributed by atoms with van der Waals surface area (Å²) in [5.41, 5.74) is 3.52. The van der Waals surface area contributed by atoms with Crippen LogP contribution < -0.4 is 20.3 Å². The van der Waals surface area contributed by atoms with Gasteiger partial charge >= 0.3 is 0 Å². The summed E-state index contributed by atoms with van der Waals surface area (Å²) < 4.78 is 5.55. The number of hydrogen-bond acceptors (Lipinski definition) is 4. The Morgan fingerprint density at radius 1 is 1.14 bits per heavy atom. The number of nitrogens with one attached hydrogen (secondary N) is 2. The molecule has 3 rings (SSSR count). The van der Waals surface area contributed by atoms with E-state index in [9.17, 15) is 14.4 Å². The molecule has 2 aromatic rings. The minimum absolute atomic E-state index is 0.0832. The van der Waals surface area contributed by atoms with Crippen molar-refractivity contribution in [1.29, 1.82) is 0 Å². The molecule has 152 valence electrons. The van der Waals surface area contributed by atoms with Crippen LogP contribution in [0.25, 0.3) is 0 Å². The van der Waals surface area contributed by atoms with Gasteiger partial charge in [-0.05, 0) is 55.3 Å². The molecule has 0 saturated carbocycles. The van der Waals surface area contributed by atoms with E-state index in [4.69, 9.17) is 4.74 Å². The summed E-state index contributed by atoms with van der Waals surface area (Å²) in [5.74, 6) is -0.265. The van der Waals surface area contributed by atoms with Crippen molar-refractivity contribution in [3.8, 4) is 5.75 Å². The van der Waals surface area contributed by atoms with Crippen LogP contribution in [-0.2, 0) is 14.4 Å². The van der Waals surface area contributed by atoms with E-state index < -0.39 is 0 Å². The van der Waals surface area contributed by atoms with Crippen molar-refractivity contribution in [1.82, 2.24) is 5.32 Å². The summed E-state index contributed by atoms with van der Waals surface area (Å²) in [6, 6.07) is 12.8. The summed E-state index contributed by atoms with van der Waals surface area (Å²) in [6.45, 7) is 4.14. The lowest BCUT2D eigenvalue weighted by atomic mass is 10.1. The fourth-order valence-electron chi connectivity index (χ4n) is 3.26. The van der Waals surface area contributed by atoms with Crippen molar-refractivity contribution in [2.75, 3.05) is 30.4 Å². The van der Waals surface area contributed by atoms with Crippen LogP contribution >= 0.6 is 0 Å². The fourth-order valence-corrected chi connectivity index (χ4v) is 3.26. The first-order valence-corrected chi connectivity index (χ1v) is 9.49. The number of ether oxygens (including phenoxy) is 1. The molecular formula is C22H25N3O4. The number of aryl methyl sites for hydroxylation is 2. The van der Waals surface area contributed by atoms with Crippen molar-refractivity contribution in [2.45, 2.75) is 20.3 Å². The number of rotatable bonds is 6. The molecule has 2 aromatic carbocycles. The molecule has 1 atom stereocenters. The Morgan fingerprint density at radius 2 is 1.86 bits per heavy atom. The maximum atomic E-state index is 12.2. The van der Waals surface area contributed by atoms with Crippen molar-refractivity contribution < 1.29 is 19.1 Å². The molecule has 0 bridgehead atoms. The maximum Gasteiger partial charge on any atom is 0.262 e. The molecule has 7 nitrogen and oxygen atoms in total. The standard InChI is InChI=1S/C22H25N3O4/c1-14-4-5-15(2)19(10-14)24-20(26)13-29-18-8-6-17(7-9-18)25-12-16(11-21(25)27)22(28)23-3/h4-10,16H,11-13H2,1-3H3,(H,23,28)(H,24,26)/t16-/m1/s1. The van der Waals surface area contributed by atoms with E-state index in [2.05, 4.69) is 10.6 Å². The van der Waals surface area contributed by atoms with Crippen molar-refractivity contribution in [3.05, 3.63) is 53.6 Å². The van der Waals surface area contributed by atoms with Crippen LogP contribution in [0.5, 0.6) is 5.75 Å². The topological polar surface area (TPSA) is 87.7 Å². The number of carbonyl (C=O) groups is 3. The quantitative estimate of drug-likeness (QED) is 0.786. The molecule has 0 radical (unpaired) electrons. The molecule has 1 heterocycles. The molecule has 7 heteroatoms. The lowest BCUT2D eigenvalue weighted by Gasteiger charge is -2.17. The number of benzene rings is 2. The average molecular weight is 395 g/mol. The summed E-state index contributed by atoms with van der Waals surface area (Å²) in [4.78, 5) is 37.7. The van der Waals surface area contributed by atoms with Gasteiger partial charge in [0, 0.05) is 31.4 Å². The molecule has 1 aliphatic heterocycles. The first kappa shape index (κ1) is 20.4. The smallest absolute Gasteiger partial charge is 0.262 e. The number of nitrogens with zero attached hydrogens (tertiary/aromatic N) is 1. The minimum Gasteiger partial charge on any atom is -0.484 e. The summed E-state index contributed by atoms with van der Waals surface area (Å²) in [6.07, 6.45) is 0.205. The van der Waals surface area contributed by atoms with Crippen molar-refractivity contribution in [3.63, 3.8) is 0 Å². The van der Waals surface area contributed by atoms with Gasteiger partial charge in [0.15, 0.2) is 6.61 Å². The average Bonchev–Trinajstić information content (AvgIpc) is 3.10. The van der Waals surface area contributed by atoms with E-state index in [-0.39, 0.29) is 36.7 Å². The Hall–Kier alpha value is -3.35. The second-order valence-corrected chi connectivity index (χ2v) is 7.17. The largest absolute Gasteiger partial charge is 0.484 e. The number of hydrogen-bond donors (Lipinski definition) is 2. The fraction of sp³-hybridized carbons (Fsp3) is 0.318. The van der Waals surface area contributed by atoms with E-state index in [0.29, 0.717) is 18.0 Å². The van der Waals surface area contributed by atoms with Crippen LogP contribution in [-0.4, -0.2) is 37.9 Å². The highest BCUT2D eigenvalue weighted by Crippen LogP contribution is 2.27. The molecule has 29 heavy (non-hydrogen) atoms. The van der Waals surface area contributed by atoms with Crippen LogP contribution in [0.1, 0.15) is 17.5 Å². The van der Waals surface area contributed by atoms with Gasteiger partial charge in [-0.2, -0.15) is 0 Å². The van der Waals surface area contributed by atoms with Gasteiger partial charge in [-0.3, -0.25) is 14.4 Å². The highest BCUT2D eigenvalue weighted by atomic mass is 16.5. The molecule has 1 saturated heterocycles. The number of amides is 3. The molecule has 0 unspecified atom stereocenters. The van der Waals surface area contributed by atoms with Crippen LogP contribution in [0.2, 0.25) is 0 Å². The SMILES string of the molecule is CNC(=O)[C@@H]1CC(=O)N(c2ccc(OCC(=O)Nc3cc(C)ccc3C)cc2)C1. The molecule has 3 amide bonds. The van der Waals surface area contributed by atoms with Crippen LogP contribution in [0.3, 0.4) is 0 Å². The van der Waals surface area contributed by atoms with Crippen LogP contribution in [0.15, 0.2) is 42.5 Å². The second kappa shape index (κ2) is 8.77. The van der Waals surface area contributed by atoms with Crippen molar-refractivity contribution >= 4 is 29.1 Å². The first-order valence-electron chi connectivity index (χ1n) is 9.49. The minimum atomic E-state index is -0.336. The Bertz CT molecular complexity index is 924. The zero-order chi connectivity index (χ0) is 21.0. The third-order valence-corrected chi connectivity index (χ3v) is 4.93. The molecule has 1 aliphatic rings. The molecule has 0 spiro atoms. The normalized spacial score (nSPS) is 15.9. The van der Waals surface area contributed by atoms with Gasteiger partial charge in [-0.1, -0.05) is 12.1 Å². The number of carbonyl (C=O) groups excluding carboxylic acids is 3. The monoisotopic (exact) mass is 395 g/mol. The lowest BCUT2D eigenvalue weighted by Crippen LogP contribution is -2.30. The summed E-state index contributed by atoms with van der Waals surface area (Å²) >= 11 is 0. The highest BCUT2D eigenvalue weighted by molar-refractivity contribution is 6.00. The third-order valence-electron chi connectivity index (χ3n) is 4.93. The van der Waals surface area contributed by atoms with Crippen molar-refractivity contribution in [2.24, 2.45) is 5.92 Å². The third kappa shape index (κ3) is 4.93. The van der Waals surface area contributed by atoms with Gasteiger partial charge < -0.3 is 20.3 Å². The van der Waals surface area contributed by atoms with E-state index in [0.717, 1.165) is 16.8 Å². The van der Waals surface area contributed by atoms with E-state index >= 15 is 0 Å². The van der Waals surface area contributed by atoms with Gasteiger partial charge in [-0.25, -0.2) is 0 Å². The Balaban J connectivity index is 1.55. The van der Waals surface area contributed by atoms with Crippen LogP contribution in [0.4, 0.5) is 11.4 Å². The molecule has 1 fully saturated rings. The van der Waals surface area contributed by atoms with E-state index in [1.807, 2.05) is 32.0 Å². The predicted octanol–water partition coefficient (Wildman–Crippen LogP) is 2.42. The zero-order valence-corrected chi connectivity index (χ0v) is 16.8. The molecule has 2 N–H and O–H groups in total. The van der Waals surface area contributed by atoms with E-state index in [1.54, 1.807) is 36.2 Å².